The van der Waals surface area contributed by atoms with Crippen molar-refractivity contribution in [3.05, 3.63) is 35.6 Å². The Kier molecular flexibility index (Phi) is 4.59. The van der Waals surface area contributed by atoms with Crippen molar-refractivity contribution in [2.75, 3.05) is 13.1 Å². The number of carbonyl (C=O) groups excluding carboxylic acids is 2. The Morgan fingerprint density at radius 1 is 1.30 bits per heavy atom. The van der Waals surface area contributed by atoms with E-state index in [1.54, 1.807) is 6.07 Å². The molecule has 4 fully saturated rings. The fraction of sp³-hybridized carbons (Fsp3) is 0.609. The molecule has 2 unspecified atom stereocenters. The van der Waals surface area contributed by atoms with Gasteiger partial charge in [0.25, 0.3) is 0 Å². The standard InChI is InChI=1S/C23H27FN4O2/c1-13(22(29)28-18(10-25)7-16-8-20(16)28)11-26-12-19-9-21(26)23(30)27(19)14(2)15-4-3-5-17(24)6-15/h3-6,13-14,16,18-21H,7-9,11-12H2,1-2H3/t13-,14-,16+,18-,19?,20?,21-/m0/s1. The van der Waals surface area contributed by atoms with Gasteiger partial charge in [-0.2, -0.15) is 5.26 Å². The predicted molar refractivity (Wildman–Crippen MR) is 107 cm³/mol. The number of benzene rings is 1. The first-order chi connectivity index (χ1) is 14.4. The van der Waals surface area contributed by atoms with Crippen LogP contribution in [0.3, 0.4) is 0 Å². The van der Waals surface area contributed by atoms with E-state index in [1.165, 1.54) is 12.1 Å². The van der Waals surface area contributed by atoms with Gasteiger partial charge in [-0.3, -0.25) is 14.5 Å². The van der Waals surface area contributed by atoms with E-state index in [-0.39, 0.29) is 53.8 Å². The van der Waals surface area contributed by atoms with Crippen molar-refractivity contribution in [2.24, 2.45) is 11.8 Å². The van der Waals surface area contributed by atoms with Crippen molar-refractivity contribution in [1.29, 1.82) is 5.26 Å². The van der Waals surface area contributed by atoms with E-state index in [2.05, 4.69) is 11.0 Å². The van der Waals surface area contributed by atoms with Gasteiger partial charge in [0.05, 0.1) is 18.2 Å². The summed E-state index contributed by atoms with van der Waals surface area (Å²) in [6, 6.07) is 8.40. The molecule has 30 heavy (non-hydrogen) atoms. The van der Waals surface area contributed by atoms with Gasteiger partial charge in [0.1, 0.15) is 11.9 Å². The fourth-order valence-corrected chi connectivity index (χ4v) is 5.90. The van der Waals surface area contributed by atoms with Crippen molar-refractivity contribution in [1.82, 2.24) is 14.7 Å². The first-order valence-corrected chi connectivity index (χ1v) is 10.9. The van der Waals surface area contributed by atoms with Gasteiger partial charge in [-0.1, -0.05) is 19.1 Å². The van der Waals surface area contributed by atoms with Crippen LogP contribution in [0.2, 0.25) is 0 Å². The van der Waals surface area contributed by atoms with E-state index in [9.17, 15) is 19.2 Å². The molecule has 0 spiro atoms. The molecule has 158 valence electrons. The van der Waals surface area contributed by atoms with E-state index in [0.29, 0.717) is 12.5 Å². The Bertz CT molecular complexity index is 930. The van der Waals surface area contributed by atoms with E-state index in [1.807, 2.05) is 29.7 Å². The van der Waals surface area contributed by atoms with Gasteiger partial charge in [-0.15, -0.1) is 0 Å². The molecule has 3 saturated heterocycles. The van der Waals surface area contributed by atoms with E-state index >= 15 is 0 Å². The number of hydrogen-bond acceptors (Lipinski definition) is 4. The Balaban J connectivity index is 1.24. The van der Waals surface area contributed by atoms with Crippen LogP contribution in [0.15, 0.2) is 24.3 Å². The number of piperazine rings is 1. The largest absolute Gasteiger partial charge is 0.330 e. The van der Waals surface area contributed by atoms with Crippen LogP contribution >= 0.6 is 0 Å². The maximum Gasteiger partial charge on any atom is 0.240 e. The minimum absolute atomic E-state index is 0.0479. The molecule has 0 radical (unpaired) electrons. The van der Waals surface area contributed by atoms with Gasteiger partial charge >= 0.3 is 0 Å². The van der Waals surface area contributed by atoms with Crippen molar-refractivity contribution < 1.29 is 14.0 Å². The molecular weight excluding hydrogens is 383 g/mol. The van der Waals surface area contributed by atoms with Crippen molar-refractivity contribution in [2.45, 2.75) is 63.3 Å². The Hall–Kier alpha value is -2.46. The van der Waals surface area contributed by atoms with Gasteiger partial charge in [0.2, 0.25) is 11.8 Å². The topological polar surface area (TPSA) is 67.7 Å². The minimum Gasteiger partial charge on any atom is -0.330 e. The van der Waals surface area contributed by atoms with Crippen LogP contribution in [0.25, 0.3) is 0 Å². The summed E-state index contributed by atoms with van der Waals surface area (Å²) in [6.45, 7) is 5.14. The van der Waals surface area contributed by atoms with Crippen LogP contribution in [0.5, 0.6) is 0 Å². The van der Waals surface area contributed by atoms with E-state index in [4.69, 9.17) is 0 Å². The fourth-order valence-electron chi connectivity index (χ4n) is 5.90. The van der Waals surface area contributed by atoms with E-state index < -0.39 is 0 Å². The zero-order chi connectivity index (χ0) is 21.2. The number of nitrogens with zero attached hydrogens (tertiary/aromatic N) is 4. The van der Waals surface area contributed by atoms with E-state index in [0.717, 1.165) is 31.4 Å². The maximum absolute atomic E-state index is 13.6. The van der Waals surface area contributed by atoms with Gasteiger partial charge in [-0.05, 0) is 49.8 Å². The number of carbonyl (C=O) groups is 2. The lowest BCUT2D eigenvalue weighted by Gasteiger charge is -2.38. The first-order valence-electron chi connectivity index (χ1n) is 10.9. The molecule has 1 saturated carbocycles. The smallest absolute Gasteiger partial charge is 0.240 e. The molecule has 3 heterocycles. The third-order valence-corrected chi connectivity index (χ3v) is 7.50. The van der Waals surface area contributed by atoms with Crippen molar-refractivity contribution in [3.63, 3.8) is 0 Å². The highest BCUT2D eigenvalue weighted by Gasteiger charge is 2.55. The lowest BCUT2D eigenvalue weighted by atomic mass is 10.0. The third kappa shape index (κ3) is 3.01. The number of nitriles is 1. The highest BCUT2D eigenvalue weighted by atomic mass is 19.1. The van der Waals surface area contributed by atoms with Gasteiger partial charge in [-0.25, -0.2) is 4.39 Å². The predicted octanol–water partition coefficient (Wildman–Crippen LogP) is 2.32. The maximum atomic E-state index is 13.6. The Labute approximate surface area is 176 Å². The number of amides is 2. The lowest BCUT2D eigenvalue weighted by molar-refractivity contribution is -0.142. The van der Waals surface area contributed by atoms with Crippen molar-refractivity contribution >= 4 is 11.8 Å². The molecule has 5 rings (SSSR count). The molecule has 1 aromatic rings. The molecule has 1 aliphatic carbocycles. The second-order valence-electron chi connectivity index (χ2n) is 9.43. The van der Waals surface area contributed by atoms with Crippen molar-refractivity contribution in [3.8, 4) is 6.07 Å². The first kappa shape index (κ1) is 19.5. The second kappa shape index (κ2) is 7.05. The summed E-state index contributed by atoms with van der Waals surface area (Å²) >= 11 is 0. The lowest BCUT2D eigenvalue weighted by Crippen LogP contribution is -2.53. The molecule has 0 N–H and O–H groups in total. The van der Waals surface area contributed by atoms with Gasteiger partial charge in [0.15, 0.2) is 0 Å². The van der Waals surface area contributed by atoms with Crippen LogP contribution in [-0.2, 0) is 9.59 Å². The highest BCUT2D eigenvalue weighted by molar-refractivity contribution is 5.86. The third-order valence-electron chi connectivity index (χ3n) is 7.50. The molecule has 0 aromatic heterocycles. The number of fused-ring (bicyclic) bond motifs is 3. The summed E-state index contributed by atoms with van der Waals surface area (Å²) in [5.74, 6) is 0.0999. The Morgan fingerprint density at radius 3 is 2.80 bits per heavy atom. The molecule has 4 aliphatic rings. The SMILES string of the molecule is C[C@@H](CN1CC2C[C@H]1C(=O)N2[C@@H](C)c1cccc(F)c1)C(=O)N1C2C[C@H]2C[C@H]1C#N. The minimum atomic E-state index is -0.291. The number of halogens is 1. The number of likely N-dealkylation sites (tertiary alicyclic amines) is 3. The zero-order valence-electron chi connectivity index (χ0n) is 17.4. The summed E-state index contributed by atoms with van der Waals surface area (Å²) in [5, 5.41) is 9.37. The van der Waals surface area contributed by atoms with Gasteiger partial charge < -0.3 is 9.80 Å². The summed E-state index contributed by atoms with van der Waals surface area (Å²) in [6.07, 6.45) is 2.59. The number of piperidine rings is 1. The molecule has 7 atom stereocenters. The Morgan fingerprint density at radius 2 is 2.10 bits per heavy atom. The van der Waals surface area contributed by atoms with Crippen LogP contribution in [-0.4, -0.2) is 63.8 Å². The zero-order valence-corrected chi connectivity index (χ0v) is 17.4. The van der Waals surface area contributed by atoms with Crippen LogP contribution in [0, 0.1) is 29.0 Å². The molecule has 6 nitrogen and oxygen atoms in total. The molecule has 2 amide bonds. The second-order valence-corrected chi connectivity index (χ2v) is 9.43. The monoisotopic (exact) mass is 410 g/mol. The van der Waals surface area contributed by atoms with Crippen LogP contribution < -0.4 is 0 Å². The average molecular weight is 410 g/mol. The molecule has 1 aromatic carbocycles. The summed E-state index contributed by atoms with van der Waals surface area (Å²) in [5.41, 5.74) is 0.807. The highest BCUT2D eigenvalue weighted by Crippen LogP contribution is 2.48. The normalized spacial score (nSPS) is 34.1. The molecule has 3 aliphatic heterocycles. The summed E-state index contributed by atoms with van der Waals surface area (Å²) in [4.78, 5) is 32.0. The molecular formula is C23H27FN4O2. The quantitative estimate of drug-likeness (QED) is 0.747. The average Bonchev–Trinajstić information content (AvgIpc) is 3.06. The summed E-state index contributed by atoms with van der Waals surface area (Å²) < 4.78 is 13.6. The van der Waals surface area contributed by atoms with Gasteiger partial charge in [0, 0.05) is 31.1 Å². The van der Waals surface area contributed by atoms with Crippen LogP contribution in [0.1, 0.15) is 44.7 Å². The molecule has 2 bridgehead atoms. The number of rotatable bonds is 5. The number of hydrogen-bond donors (Lipinski definition) is 0. The summed E-state index contributed by atoms with van der Waals surface area (Å²) in [7, 11) is 0. The molecule has 7 heteroatoms. The van der Waals surface area contributed by atoms with Crippen LogP contribution in [0.4, 0.5) is 4.39 Å².